The van der Waals surface area contributed by atoms with Gasteiger partial charge in [-0.2, -0.15) is 0 Å². The van der Waals surface area contributed by atoms with E-state index in [1.807, 2.05) is 12.4 Å². The zero-order chi connectivity index (χ0) is 23.1. The Labute approximate surface area is 196 Å². The number of rotatable bonds is 4. The molecule has 4 aromatic heterocycles. The van der Waals surface area contributed by atoms with Crippen molar-refractivity contribution in [3.8, 4) is 0 Å². The van der Waals surface area contributed by atoms with Gasteiger partial charge in [-0.1, -0.05) is 50.2 Å². The van der Waals surface area contributed by atoms with Crippen LogP contribution in [0, 0.1) is 13.8 Å². The van der Waals surface area contributed by atoms with Crippen LogP contribution in [0.1, 0.15) is 31.9 Å². The highest BCUT2D eigenvalue weighted by molar-refractivity contribution is 6.92. The first-order valence-electron chi connectivity index (χ1n) is 12.3. The molecule has 2 aromatic carbocycles. The van der Waals surface area contributed by atoms with Gasteiger partial charge in [0, 0.05) is 29.2 Å². The van der Waals surface area contributed by atoms with Gasteiger partial charge in [0.25, 0.3) is 0 Å². The molecule has 6 aromatic rings. The summed E-state index contributed by atoms with van der Waals surface area (Å²) in [7, 11) is 0.658. The highest BCUT2D eigenvalue weighted by atomic mass is 28.3. The fourth-order valence-corrected chi connectivity index (χ4v) is 10.0. The van der Waals surface area contributed by atoms with E-state index < -0.39 is 8.07 Å². The van der Waals surface area contributed by atoms with E-state index in [-0.39, 0.29) is 0 Å². The van der Waals surface area contributed by atoms with Crippen molar-refractivity contribution in [2.24, 2.45) is 7.05 Å². The van der Waals surface area contributed by atoms with E-state index in [1.54, 1.807) is 5.19 Å². The van der Waals surface area contributed by atoms with E-state index in [2.05, 4.69) is 92.1 Å². The average Bonchev–Trinajstić information content (AvgIpc) is 3.16. The van der Waals surface area contributed by atoms with E-state index in [9.17, 15) is 0 Å². The molecule has 0 bridgehead atoms. The Hall–Kier alpha value is -2.98. The number of aromatic nitrogens is 3. The van der Waals surface area contributed by atoms with E-state index in [4.69, 9.17) is 0 Å². The zero-order valence-corrected chi connectivity index (χ0v) is 21.6. The Balaban J connectivity index is 2.00. The van der Waals surface area contributed by atoms with Crippen LogP contribution in [-0.4, -0.2) is 17.5 Å². The molecule has 3 nitrogen and oxygen atoms in total. The molecule has 0 aliphatic carbocycles. The summed E-state index contributed by atoms with van der Waals surface area (Å²) in [6.45, 7) is 11.7. The number of pyridine rings is 3. The molecule has 0 aliphatic rings. The average molecular weight is 451 g/mol. The van der Waals surface area contributed by atoms with Crippen LogP contribution >= 0.6 is 0 Å². The molecule has 0 saturated carbocycles. The lowest BCUT2D eigenvalue weighted by atomic mass is 9.97. The van der Waals surface area contributed by atoms with Gasteiger partial charge in [0.2, 0.25) is 5.52 Å². The van der Waals surface area contributed by atoms with Crippen molar-refractivity contribution in [2.75, 3.05) is 0 Å². The fraction of sp³-hybridized carbons (Fsp3) is 0.310. The quantitative estimate of drug-likeness (QED) is 0.129. The van der Waals surface area contributed by atoms with Crippen molar-refractivity contribution in [3.05, 3.63) is 60.0 Å². The molecule has 33 heavy (non-hydrogen) atoms. The third kappa shape index (κ3) is 2.50. The second kappa shape index (κ2) is 7.01. The second-order valence-corrected chi connectivity index (χ2v) is 15.2. The molecule has 0 saturated heterocycles. The maximum Gasteiger partial charge on any atom is 0.224 e. The Bertz CT molecular complexity index is 1700. The molecule has 0 fully saturated rings. The molecule has 0 radical (unpaired) electrons. The summed E-state index contributed by atoms with van der Waals surface area (Å²) in [5.74, 6) is 0. The van der Waals surface area contributed by atoms with Gasteiger partial charge < -0.3 is 4.40 Å². The summed E-state index contributed by atoms with van der Waals surface area (Å²) in [6, 6.07) is 15.9. The Kier molecular flexibility index (Phi) is 4.38. The minimum Gasteiger partial charge on any atom is -0.307 e. The number of hydrogen-bond donors (Lipinski definition) is 0. The SMILES string of the molecule is CC[Si](CC)(CC)c1cc2cc[n+](C)c3c4c(C)c(C)cc5c6cnccc6n(c(c1)c23)c54. The predicted octanol–water partition coefficient (Wildman–Crippen LogP) is 6.54. The van der Waals surface area contributed by atoms with Crippen molar-refractivity contribution >= 4 is 62.3 Å². The highest BCUT2D eigenvalue weighted by Crippen LogP contribution is 2.41. The van der Waals surface area contributed by atoms with Crippen LogP contribution in [0.4, 0.5) is 0 Å². The van der Waals surface area contributed by atoms with Crippen LogP contribution in [0.25, 0.3) is 49.0 Å². The summed E-state index contributed by atoms with van der Waals surface area (Å²) in [5.41, 5.74) is 8.01. The maximum atomic E-state index is 4.51. The van der Waals surface area contributed by atoms with Crippen molar-refractivity contribution < 1.29 is 4.57 Å². The van der Waals surface area contributed by atoms with Gasteiger partial charge in [-0.3, -0.25) is 4.98 Å². The first-order chi connectivity index (χ1) is 16.0. The van der Waals surface area contributed by atoms with Crippen molar-refractivity contribution in [1.82, 2.24) is 9.38 Å². The highest BCUT2D eigenvalue weighted by Gasteiger charge is 2.32. The van der Waals surface area contributed by atoms with Gasteiger partial charge >= 0.3 is 0 Å². The molecule has 0 N–H and O–H groups in total. The Morgan fingerprint density at radius 3 is 2.39 bits per heavy atom. The first kappa shape index (κ1) is 20.6. The molecule has 0 spiro atoms. The van der Waals surface area contributed by atoms with Crippen LogP contribution in [0.5, 0.6) is 0 Å². The van der Waals surface area contributed by atoms with Crippen LogP contribution in [-0.2, 0) is 7.05 Å². The topological polar surface area (TPSA) is 21.2 Å². The molecule has 0 aliphatic heterocycles. The number of fused-ring (bicyclic) bond motifs is 5. The van der Waals surface area contributed by atoms with Gasteiger partial charge in [0.15, 0.2) is 6.20 Å². The lowest BCUT2D eigenvalue weighted by Gasteiger charge is -2.29. The van der Waals surface area contributed by atoms with Crippen molar-refractivity contribution in [3.63, 3.8) is 0 Å². The third-order valence-electron chi connectivity index (χ3n) is 8.71. The van der Waals surface area contributed by atoms with E-state index in [0.717, 1.165) is 0 Å². The smallest absolute Gasteiger partial charge is 0.224 e. The molecule has 0 amide bonds. The Morgan fingerprint density at radius 1 is 0.909 bits per heavy atom. The maximum absolute atomic E-state index is 4.51. The van der Waals surface area contributed by atoms with Crippen LogP contribution in [0.15, 0.2) is 48.9 Å². The summed E-state index contributed by atoms with van der Waals surface area (Å²) in [4.78, 5) is 4.51. The van der Waals surface area contributed by atoms with Crippen molar-refractivity contribution in [1.29, 1.82) is 0 Å². The van der Waals surface area contributed by atoms with Crippen LogP contribution in [0.2, 0.25) is 18.1 Å². The van der Waals surface area contributed by atoms with Gasteiger partial charge in [-0.25, -0.2) is 4.57 Å². The molecule has 4 heteroatoms. The normalized spacial score (nSPS) is 12.9. The number of aryl methyl sites for hydroxylation is 3. The summed E-state index contributed by atoms with van der Waals surface area (Å²) >= 11 is 0. The first-order valence-corrected chi connectivity index (χ1v) is 14.9. The standard InChI is InChI=1S/C29H32N3Si/c1-7-33(8-2,9-3)21-15-20-11-13-31(6)29-26-19(5)18(4)14-22-23-17-30-12-10-24(23)32(28(22)26)25(16-21)27(20)29/h10-17H,7-9H2,1-6H3/q+1. The summed E-state index contributed by atoms with van der Waals surface area (Å²) in [5, 5.41) is 8.29. The molecule has 4 heterocycles. The van der Waals surface area contributed by atoms with Gasteiger partial charge in [0.05, 0.1) is 35.4 Å². The zero-order valence-electron chi connectivity index (χ0n) is 20.6. The van der Waals surface area contributed by atoms with Crippen LogP contribution in [0.3, 0.4) is 0 Å². The van der Waals surface area contributed by atoms with Crippen molar-refractivity contribution in [2.45, 2.75) is 52.8 Å². The second-order valence-electron chi connectivity index (χ2n) is 9.89. The number of benzene rings is 2. The van der Waals surface area contributed by atoms with Crippen LogP contribution < -0.4 is 9.75 Å². The molecular formula is C29H32N3Si+. The lowest BCUT2D eigenvalue weighted by Crippen LogP contribution is -2.45. The fourth-order valence-electron chi connectivity index (χ4n) is 6.42. The largest absolute Gasteiger partial charge is 0.307 e. The predicted molar refractivity (Wildman–Crippen MR) is 144 cm³/mol. The summed E-state index contributed by atoms with van der Waals surface area (Å²) < 4.78 is 4.88. The van der Waals surface area contributed by atoms with Gasteiger partial charge in [-0.05, 0) is 48.6 Å². The molecule has 0 atom stereocenters. The minimum absolute atomic E-state index is 1.25. The molecule has 166 valence electrons. The number of hydrogen-bond acceptors (Lipinski definition) is 1. The minimum atomic E-state index is -1.54. The molecular weight excluding hydrogens is 418 g/mol. The summed E-state index contributed by atoms with van der Waals surface area (Å²) in [6.07, 6.45) is 6.24. The van der Waals surface area contributed by atoms with Gasteiger partial charge in [-0.15, -0.1) is 0 Å². The van der Waals surface area contributed by atoms with E-state index in [1.165, 1.54) is 78.3 Å². The van der Waals surface area contributed by atoms with Gasteiger partial charge in [0.1, 0.15) is 7.05 Å². The Morgan fingerprint density at radius 2 is 1.67 bits per heavy atom. The van der Waals surface area contributed by atoms with E-state index in [0.29, 0.717) is 0 Å². The number of nitrogens with zero attached hydrogens (tertiary/aromatic N) is 3. The monoisotopic (exact) mass is 450 g/mol. The molecule has 0 unspecified atom stereocenters. The third-order valence-corrected chi connectivity index (χ3v) is 14.3. The van der Waals surface area contributed by atoms with E-state index >= 15 is 0 Å². The molecule has 6 rings (SSSR count). The lowest BCUT2D eigenvalue weighted by molar-refractivity contribution is -0.643.